The Kier molecular flexibility index (Phi) is 4.86. The van der Waals surface area contributed by atoms with Crippen molar-refractivity contribution in [3.63, 3.8) is 0 Å². The first kappa shape index (κ1) is 16.1. The molecule has 1 atom stereocenters. The van der Waals surface area contributed by atoms with Gasteiger partial charge in [-0.2, -0.15) is 0 Å². The zero-order valence-corrected chi connectivity index (χ0v) is 13.5. The Morgan fingerprint density at radius 3 is 2.18 bits per heavy atom. The Morgan fingerprint density at radius 1 is 1.00 bits per heavy atom. The summed E-state index contributed by atoms with van der Waals surface area (Å²) >= 11 is 0. The molecular weight excluding hydrogens is 276 g/mol. The third-order valence-corrected chi connectivity index (χ3v) is 4.07. The first-order valence-electron chi connectivity index (χ1n) is 7.40. The van der Waals surface area contributed by atoms with E-state index in [2.05, 4.69) is 0 Å². The fraction of sp³-hybridized carbons (Fsp3) is 0.316. The lowest BCUT2D eigenvalue weighted by Gasteiger charge is -2.18. The van der Waals surface area contributed by atoms with Crippen LogP contribution >= 0.6 is 0 Å². The van der Waals surface area contributed by atoms with E-state index in [0.29, 0.717) is 12.2 Å². The van der Waals surface area contributed by atoms with Crippen LogP contribution in [0.3, 0.4) is 0 Å². The number of aryl methyl sites for hydroxylation is 4. The molecule has 3 nitrogen and oxygen atoms in total. The van der Waals surface area contributed by atoms with E-state index in [1.54, 1.807) is 0 Å². The molecule has 0 heterocycles. The van der Waals surface area contributed by atoms with Gasteiger partial charge < -0.3 is 9.84 Å². The largest absolute Gasteiger partial charge is 0.478 e. The van der Waals surface area contributed by atoms with Crippen LogP contribution in [-0.4, -0.2) is 17.2 Å². The highest BCUT2D eigenvalue weighted by Crippen LogP contribution is 2.21. The van der Waals surface area contributed by atoms with Gasteiger partial charge >= 0.3 is 5.97 Å². The van der Waals surface area contributed by atoms with Gasteiger partial charge in [0.2, 0.25) is 0 Å². The van der Waals surface area contributed by atoms with Crippen molar-refractivity contribution in [2.24, 2.45) is 0 Å². The lowest BCUT2D eigenvalue weighted by atomic mass is 9.97. The van der Waals surface area contributed by atoms with Gasteiger partial charge in [0.1, 0.15) is 5.75 Å². The van der Waals surface area contributed by atoms with Crippen LogP contribution in [0.1, 0.15) is 27.8 Å². The SMILES string of the molecule is Cc1ccc(O[C@@H](Cc2c(C)cccc2C)C(=O)O)cc1C. The van der Waals surface area contributed by atoms with Crippen molar-refractivity contribution < 1.29 is 14.6 Å². The molecule has 0 aliphatic rings. The fourth-order valence-electron chi connectivity index (χ4n) is 2.49. The number of carboxylic acids is 1. The van der Waals surface area contributed by atoms with Crippen molar-refractivity contribution in [2.75, 3.05) is 0 Å². The summed E-state index contributed by atoms with van der Waals surface area (Å²) in [7, 11) is 0. The van der Waals surface area contributed by atoms with Crippen LogP contribution in [-0.2, 0) is 11.2 Å². The topological polar surface area (TPSA) is 46.5 Å². The highest BCUT2D eigenvalue weighted by molar-refractivity contribution is 5.73. The van der Waals surface area contributed by atoms with Gasteiger partial charge in [-0.3, -0.25) is 0 Å². The van der Waals surface area contributed by atoms with E-state index in [9.17, 15) is 9.90 Å². The van der Waals surface area contributed by atoms with Crippen LogP contribution in [0.5, 0.6) is 5.75 Å². The van der Waals surface area contributed by atoms with Gasteiger partial charge in [-0.1, -0.05) is 24.3 Å². The summed E-state index contributed by atoms with van der Waals surface area (Å²) in [4.78, 5) is 11.6. The lowest BCUT2D eigenvalue weighted by Crippen LogP contribution is -2.30. The molecular formula is C19H22O3. The van der Waals surface area contributed by atoms with Gasteiger partial charge in [-0.15, -0.1) is 0 Å². The number of hydrogen-bond acceptors (Lipinski definition) is 2. The first-order chi connectivity index (χ1) is 10.4. The number of carbonyl (C=O) groups is 1. The van der Waals surface area contributed by atoms with Gasteiger partial charge in [-0.25, -0.2) is 4.79 Å². The minimum absolute atomic E-state index is 0.362. The second-order valence-corrected chi connectivity index (χ2v) is 5.77. The van der Waals surface area contributed by atoms with Crippen molar-refractivity contribution >= 4 is 5.97 Å². The van der Waals surface area contributed by atoms with Crippen molar-refractivity contribution in [3.8, 4) is 5.75 Å². The molecule has 0 fully saturated rings. The van der Waals surface area contributed by atoms with E-state index in [1.807, 2.05) is 64.1 Å². The summed E-state index contributed by atoms with van der Waals surface area (Å²) < 4.78 is 5.73. The van der Waals surface area contributed by atoms with E-state index >= 15 is 0 Å². The number of benzene rings is 2. The number of ether oxygens (including phenoxy) is 1. The van der Waals surface area contributed by atoms with E-state index in [-0.39, 0.29) is 0 Å². The van der Waals surface area contributed by atoms with Gasteiger partial charge in [0, 0.05) is 6.42 Å². The molecule has 0 radical (unpaired) electrons. The lowest BCUT2D eigenvalue weighted by molar-refractivity contribution is -0.145. The number of hydrogen-bond donors (Lipinski definition) is 1. The molecule has 0 aliphatic carbocycles. The standard InChI is InChI=1S/C19H22O3/c1-12-8-9-16(10-15(12)4)22-18(19(20)21)11-17-13(2)6-5-7-14(17)3/h5-10,18H,11H2,1-4H3,(H,20,21)/t18-/m0/s1. The molecule has 0 saturated heterocycles. The molecule has 0 saturated carbocycles. The molecule has 2 rings (SSSR count). The monoisotopic (exact) mass is 298 g/mol. The van der Waals surface area contributed by atoms with Crippen LogP contribution in [0.25, 0.3) is 0 Å². The zero-order chi connectivity index (χ0) is 16.3. The molecule has 0 spiro atoms. The summed E-state index contributed by atoms with van der Waals surface area (Å²) in [5.74, 6) is -0.345. The Balaban J connectivity index is 2.24. The van der Waals surface area contributed by atoms with Crippen molar-refractivity contribution in [2.45, 2.75) is 40.2 Å². The highest BCUT2D eigenvalue weighted by Gasteiger charge is 2.22. The maximum atomic E-state index is 11.6. The Bertz CT molecular complexity index is 669. The molecule has 0 amide bonds. The van der Waals surface area contributed by atoms with Crippen LogP contribution < -0.4 is 4.74 Å². The maximum Gasteiger partial charge on any atom is 0.345 e. The summed E-state index contributed by atoms with van der Waals surface area (Å²) in [6.45, 7) is 8.00. The molecule has 0 bridgehead atoms. The third-order valence-electron chi connectivity index (χ3n) is 4.07. The molecule has 3 heteroatoms. The predicted octanol–water partition coefficient (Wildman–Crippen LogP) is 3.99. The third kappa shape index (κ3) is 3.67. The Morgan fingerprint density at radius 2 is 1.64 bits per heavy atom. The molecule has 0 aliphatic heterocycles. The molecule has 2 aromatic rings. The molecule has 2 aromatic carbocycles. The van der Waals surface area contributed by atoms with Gasteiger partial charge in [0.25, 0.3) is 0 Å². The van der Waals surface area contributed by atoms with E-state index in [4.69, 9.17) is 4.74 Å². The average molecular weight is 298 g/mol. The van der Waals surface area contributed by atoms with Gasteiger partial charge in [0.15, 0.2) is 6.10 Å². The minimum atomic E-state index is -0.944. The summed E-state index contributed by atoms with van der Waals surface area (Å²) in [5, 5.41) is 9.48. The van der Waals surface area contributed by atoms with E-state index in [1.165, 1.54) is 0 Å². The number of rotatable bonds is 5. The second kappa shape index (κ2) is 6.65. The molecule has 0 aromatic heterocycles. The molecule has 0 unspecified atom stereocenters. The first-order valence-corrected chi connectivity index (χ1v) is 7.40. The number of carboxylic acid groups (broad SMARTS) is 1. The van der Waals surface area contributed by atoms with Crippen LogP contribution in [0.15, 0.2) is 36.4 Å². The van der Waals surface area contributed by atoms with Crippen molar-refractivity contribution in [1.82, 2.24) is 0 Å². The second-order valence-electron chi connectivity index (χ2n) is 5.77. The number of aliphatic carboxylic acids is 1. The molecule has 22 heavy (non-hydrogen) atoms. The normalized spacial score (nSPS) is 12.0. The smallest absolute Gasteiger partial charge is 0.345 e. The zero-order valence-electron chi connectivity index (χ0n) is 13.5. The average Bonchev–Trinajstić information content (AvgIpc) is 2.45. The minimum Gasteiger partial charge on any atom is -0.478 e. The van der Waals surface area contributed by atoms with E-state index < -0.39 is 12.1 Å². The van der Waals surface area contributed by atoms with E-state index in [0.717, 1.165) is 27.8 Å². The fourth-order valence-corrected chi connectivity index (χ4v) is 2.49. The van der Waals surface area contributed by atoms with Gasteiger partial charge in [0.05, 0.1) is 0 Å². The molecule has 116 valence electrons. The predicted molar refractivity (Wildman–Crippen MR) is 87.6 cm³/mol. The summed E-state index contributed by atoms with van der Waals surface area (Å²) in [6, 6.07) is 11.6. The van der Waals surface area contributed by atoms with Gasteiger partial charge in [-0.05, 0) is 67.6 Å². The highest BCUT2D eigenvalue weighted by atomic mass is 16.5. The Hall–Kier alpha value is -2.29. The van der Waals surface area contributed by atoms with Crippen LogP contribution in [0, 0.1) is 27.7 Å². The Labute approximate surface area is 131 Å². The van der Waals surface area contributed by atoms with Crippen LogP contribution in [0.4, 0.5) is 0 Å². The summed E-state index contributed by atoms with van der Waals surface area (Å²) in [6.07, 6.45) is -0.525. The quantitative estimate of drug-likeness (QED) is 0.907. The van der Waals surface area contributed by atoms with Crippen molar-refractivity contribution in [1.29, 1.82) is 0 Å². The maximum absolute atomic E-state index is 11.6. The molecule has 1 N–H and O–H groups in total. The van der Waals surface area contributed by atoms with Crippen molar-refractivity contribution in [3.05, 3.63) is 64.2 Å². The van der Waals surface area contributed by atoms with Crippen LogP contribution in [0.2, 0.25) is 0 Å². The summed E-state index contributed by atoms with van der Waals surface area (Å²) in [5.41, 5.74) is 5.48.